The van der Waals surface area contributed by atoms with E-state index in [4.69, 9.17) is 14.2 Å². The van der Waals surface area contributed by atoms with Crippen LogP contribution in [0.1, 0.15) is 23.0 Å². The lowest BCUT2D eigenvalue weighted by molar-refractivity contribution is 0.102. The van der Waals surface area contributed by atoms with Crippen molar-refractivity contribution >= 4 is 22.6 Å². The fourth-order valence-corrected chi connectivity index (χ4v) is 4.50. The van der Waals surface area contributed by atoms with Crippen LogP contribution >= 0.6 is 0 Å². The summed E-state index contributed by atoms with van der Waals surface area (Å²) in [5.41, 5.74) is 2.51. The number of pyridine rings is 3. The molecule has 2 aromatic carbocycles. The second-order valence-corrected chi connectivity index (χ2v) is 9.08. The molecule has 0 bridgehead atoms. The number of carbonyl (C=O) groups excluding carboxylic acids is 1. The van der Waals surface area contributed by atoms with Crippen LogP contribution in [0.2, 0.25) is 0 Å². The number of ether oxygens (including phenoxy) is 3. The fraction of sp³-hybridized carbons (Fsp3) is 0.161. The lowest BCUT2D eigenvalue weighted by Crippen LogP contribution is -2.27. The van der Waals surface area contributed by atoms with Gasteiger partial charge in [-0.3, -0.25) is 14.6 Å². The van der Waals surface area contributed by atoms with Crippen LogP contribution < -0.4 is 25.0 Å². The number of methoxy groups -OCH3 is 2. The Morgan fingerprint density at radius 1 is 1.00 bits per heavy atom. The van der Waals surface area contributed by atoms with Crippen molar-refractivity contribution < 1.29 is 23.4 Å². The molecule has 10 heteroatoms. The van der Waals surface area contributed by atoms with Gasteiger partial charge in [-0.05, 0) is 55.8 Å². The molecule has 208 valence electrons. The molecular formula is C31H27FN4O5. The molecule has 3 aromatic heterocycles. The van der Waals surface area contributed by atoms with Crippen molar-refractivity contribution in [1.82, 2.24) is 14.5 Å². The number of aromatic nitrogens is 3. The van der Waals surface area contributed by atoms with E-state index in [0.29, 0.717) is 63.2 Å². The lowest BCUT2D eigenvalue weighted by atomic mass is 10.0. The number of rotatable bonds is 8. The number of anilines is 1. The zero-order valence-electron chi connectivity index (χ0n) is 22.9. The first-order chi connectivity index (χ1) is 19.8. The zero-order chi connectivity index (χ0) is 29.1. The van der Waals surface area contributed by atoms with Crippen LogP contribution in [-0.2, 0) is 6.54 Å². The van der Waals surface area contributed by atoms with E-state index in [1.165, 1.54) is 38.5 Å². The number of halogens is 1. The number of hydrogen-bond acceptors (Lipinski definition) is 7. The molecule has 41 heavy (non-hydrogen) atoms. The predicted molar refractivity (Wildman–Crippen MR) is 154 cm³/mol. The van der Waals surface area contributed by atoms with Gasteiger partial charge >= 0.3 is 0 Å². The number of aryl methyl sites for hydroxylation is 1. The molecule has 0 aliphatic heterocycles. The maximum atomic E-state index is 13.5. The van der Waals surface area contributed by atoms with Crippen molar-refractivity contribution in [2.24, 2.45) is 0 Å². The SMILES string of the molecule is CCn1cc(-c2ccc(F)cc2)c(=O)c(C(=O)Nc2ccc(Oc3ccnc4cc(OC)c(OC)nc34)cc2)c1C. The van der Waals surface area contributed by atoms with Gasteiger partial charge in [-0.15, -0.1) is 0 Å². The Kier molecular flexibility index (Phi) is 7.64. The van der Waals surface area contributed by atoms with Gasteiger partial charge < -0.3 is 24.1 Å². The molecule has 0 spiro atoms. The van der Waals surface area contributed by atoms with Crippen molar-refractivity contribution in [3.8, 4) is 34.3 Å². The highest BCUT2D eigenvalue weighted by Crippen LogP contribution is 2.34. The van der Waals surface area contributed by atoms with Crippen LogP contribution in [0.3, 0.4) is 0 Å². The van der Waals surface area contributed by atoms with Gasteiger partial charge in [0.15, 0.2) is 11.5 Å². The number of amides is 1. The van der Waals surface area contributed by atoms with Crippen molar-refractivity contribution in [1.29, 1.82) is 0 Å². The van der Waals surface area contributed by atoms with Crippen LogP contribution in [0.5, 0.6) is 23.1 Å². The molecule has 0 fully saturated rings. The van der Waals surface area contributed by atoms with E-state index in [9.17, 15) is 14.0 Å². The molecule has 0 radical (unpaired) electrons. The van der Waals surface area contributed by atoms with Crippen LogP contribution in [0.25, 0.3) is 22.2 Å². The van der Waals surface area contributed by atoms with Crippen LogP contribution in [0, 0.1) is 12.7 Å². The number of nitrogens with zero attached hydrogens (tertiary/aromatic N) is 3. The van der Waals surface area contributed by atoms with Gasteiger partial charge in [0.2, 0.25) is 5.43 Å². The number of benzene rings is 2. The minimum Gasteiger partial charge on any atom is -0.491 e. The van der Waals surface area contributed by atoms with Crippen molar-refractivity contribution in [3.63, 3.8) is 0 Å². The number of nitrogens with one attached hydrogen (secondary N) is 1. The van der Waals surface area contributed by atoms with E-state index in [2.05, 4.69) is 15.3 Å². The number of fused-ring (bicyclic) bond motifs is 1. The topological polar surface area (TPSA) is 105 Å². The first kappa shape index (κ1) is 27.3. The maximum Gasteiger partial charge on any atom is 0.261 e. The molecule has 0 saturated heterocycles. The average Bonchev–Trinajstić information content (AvgIpc) is 2.98. The number of carbonyl (C=O) groups is 1. The Morgan fingerprint density at radius 2 is 1.73 bits per heavy atom. The highest BCUT2D eigenvalue weighted by atomic mass is 19.1. The standard InChI is InChI=1S/C31H27FN4O5/c1-5-36-17-23(19-6-8-20(32)9-7-19)29(37)27(18(36)2)30(38)34-21-10-12-22(13-11-21)41-25-14-15-33-24-16-26(39-3)31(40-4)35-28(24)25/h6-17H,5H2,1-4H3,(H,34,38). The Bertz CT molecular complexity index is 1800. The second-order valence-electron chi connectivity index (χ2n) is 9.08. The highest BCUT2D eigenvalue weighted by Gasteiger charge is 2.20. The highest BCUT2D eigenvalue weighted by molar-refractivity contribution is 6.05. The fourth-order valence-electron chi connectivity index (χ4n) is 4.50. The second kappa shape index (κ2) is 11.5. The van der Waals surface area contributed by atoms with Gasteiger partial charge in [0, 0.05) is 48.0 Å². The predicted octanol–water partition coefficient (Wildman–Crippen LogP) is 5.99. The third-order valence-corrected chi connectivity index (χ3v) is 6.63. The minimum absolute atomic E-state index is 0.0210. The molecule has 1 N–H and O–H groups in total. The summed E-state index contributed by atoms with van der Waals surface area (Å²) in [5, 5.41) is 2.81. The average molecular weight is 555 g/mol. The molecule has 9 nitrogen and oxygen atoms in total. The molecule has 5 aromatic rings. The summed E-state index contributed by atoms with van der Waals surface area (Å²) in [6, 6.07) is 15.7. The van der Waals surface area contributed by atoms with Gasteiger partial charge in [0.1, 0.15) is 22.6 Å². The van der Waals surface area contributed by atoms with Gasteiger partial charge in [-0.1, -0.05) is 12.1 Å². The first-order valence-corrected chi connectivity index (χ1v) is 12.8. The van der Waals surface area contributed by atoms with Gasteiger partial charge in [0.25, 0.3) is 11.8 Å². The summed E-state index contributed by atoms with van der Waals surface area (Å²) in [6.07, 6.45) is 3.29. The van der Waals surface area contributed by atoms with Crippen LogP contribution in [0.15, 0.2) is 77.9 Å². The van der Waals surface area contributed by atoms with Crippen molar-refractivity contribution in [3.05, 3.63) is 100 Å². The molecule has 0 saturated carbocycles. The zero-order valence-corrected chi connectivity index (χ0v) is 22.9. The Morgan fingerprint density at radius 3 is 2.39 bits per heavy atom. The maximum absolute atomic E-state index is 13.5. The van der Waals surface area contributed by atoms with E-state index in [-0.39, 0.29) is 5.56 Å². The van der Waals surface area contributed by atoms with Crippen molar-refractivity contribution in [2.45, 2.75) is 20.4 Å². The Labute approximate surface area is 235 Å². The van der Waals surface area contributed by atoms with Crippen molar-refractivity contribution in [2.75, 3.05) is 19.5 Å². The third-order valence-electron chi connectivity index (χ3n) is 6.63. The van der Waals surface area contributed by atoms with E-state index < -0.39 is 17.2 Å². The number of hydrogen-bond donors (Lipinski definition) is 1. The minimum atomic E-state index is -0.544. The normalized spacial score (nSPS) is 10.9. The largest absolute Gasteiger partial charge is 0.491 e. The van der Waals surface area contributed by atoms with Crippen LogP contribution in [0.4, 0.5) is 10.1 Å². The van der Waals surface area contributed by atoms with E-state index in [1.807, 2.05) is 11.5 Å². The molecule has 3 heterocycles. The quantitative estimate of drug-likeness (QED) is 0.251. The molecule has 0 unspecified atom stereocenters. The van der Waals surface area contributed by atoms with Crippen LogP contribution in [-0.4, -0.2) is 34.7 Å². The first-order valence-electron chi connectivity index (χ1n) is 12.8. The molecule has 0 atom stereocenters. The summed E-state index contributed by atoms with van der Waals surface area (Å²) in [6.45, 7) is 4.19. The molecular weight excluding hydrogens is 527 g/mol. The van der Waals surface area contributed by atoms with E-state index in [1.54, 1.807) is 55.7 Å². The Balaban J connectivity index is 1.40. The molecule has 0 aliphatic carbocycles. The van der Waals surface area contributed by atoms with Gasteiger partial charge in [-0.2, -0.15) is 0 Å². The summed E-state index contributed by atoms with van der Waals surface area (Å²) in [5.74, 6) is 0.759. The molecule has 5 rings (SSSR count). The molecule has 1 amide bonds. The van der Waals surface area contributed by atoms with Gasteiger partial charge in [-0.25, -0.2) is 9.37 Å². The molecule has 0 aliphatic rings. The summed E-state index contributed by atoms with van der Waals surface area (Å²) >= 11 is 0. The monoisotopic (exact) mass is 554 g/mol. The third kappa shape index (κ3) is 5.44. The smallest absolute Gasteiger partial charge is 0.261 e. The summed E-state index contributed by atoms with van der Waals surface area (Å²) in [4.78, 5) is 35.6. The van der Waals surface area contributed by atoms with Gasteiger partial charge in [0.05, 0.1) is 19.7 Å². The summed E-state index contributed by atoms with van der Waals surface area (Å²) in [7, 11) is 3.02. The van der Waals surface area contributed by atoms with E-state index >= 15 is 0 Å². The summed E-state index contributed by atoms with van der Waals surface area (Å²) < 4.78 is 32.0. The van der Waals surface area contributed by atoms with E-state index in [0.717, 1.165) is 0 Å². The lowest BCUT2D eigenvalue weighted by Gasteiger charge is -2.16. The Hall–Kier alpha value is -5.25.